The number of benzene rings is 22. The second-order valence-corrected chi connectivity index (χ2v) is 31.1. The van der Waals surface area contributed by atoms with Crippen molar-refractivity contribution in [1.29, 1.82) is 0 Å². The van der Waals surface area contributed by atoms with Crippen molar-refractivity contribution in [1.82, 2.24) is 0 Å². The predicted molar refractivity (Wildman–Crippen MR) is 505 cm³/mol. The Morgan fingerprint density at radius 2 is 0.387 bits per heavy atom. The molecule has 3 aromatic heterocycles. The van der Waals surface area contributed by atoms with Crippen LogP contribution in [-0.4, -0.2) is 0 Å². The minimum absolute atomic E-state index is 0.917. The summed E-state index contributed by atoms with van der Waals surface area (Å²) < 4.78 is 18.7. The minimum atomic E-state index is 0.917. The van der Waals surface area contributed by atoms with Gasteiger partial charge in [0.25, 0.3) is 0 Å². The van der Waals surface area contributed by atoms with Gasteiger partial charge in [-0.25, -0.2) is 0 Å². The van der Waals surface area contributed by atoms with Gasteiger partial charge in [0.15, 0.2) is 0 Å². The second-order valence-electron chi connectivity index (χ2n) is 31.1. The van der Waals surface area contributed by atoms with E-state index in [2.05, 4.69) is 400 Å². The summed E-state index contributed by atoms with van der Waals surface area (Å²) in [7, 11) is 0. The van der Waals surface area contributed by atoms with Crippen molar-refractivity contribution in [3.8, 4) is 89.0 Å². The van der Waals surface area contributed by atoms with E-state index < -0.39 is 0 Å². The van der Waals surface area contributed by atoms with Crippen LogP contribution in [-0.2, 0) is 0 Å². The lowest BCUT2D eigenvalue weighted by Crippen LogP contribution is -1.91. The Morgan fingerprint density at radius 1 is 0.109 bits per heavy atom. The molecule has 0 radical (unpaired) electrons. The predicted octanol–water partition coefficient (Wildman–Crippen LogP) is 33.3. The van der Waals surface area contributed by atoms with Crippen LogP contribution in [0.4, 0.5) is 0 Å². The minimum Gasteiger partial charge on any atom is -0.456 e. The lowest BCUT2D eigenvalue weighted by molar-refractivity contribution is 0.668. The first-order chi connectivity index (χ1) is 59.0. The fraction of sp³-hybridized carbons (Fsp3) is 0. The summed E-state index contributed by atoms with van der Waals surface area (Å²) in [4.78, 5) is 0. The molecule has 25 aromatic rings. The van der Waals surface area contributed by atoms with Gasteiger partial charge in [0.2, 0.25) is 0 Å². The topological polar surface area (TPSA) is 39.4 Å². The van der Waals surface area contributed by atoms with Gasteiger partial charge in [0.05, 0.1) is 0 Å². The number of rotatable bonds is 8. The van der Waals surface area contributed by atoms with E-state index in [0.29, 0.717) is 0 Å². The summed E-state index contributed by atoms with van der Waals surface area (Å²) in [6.45, 7) is 0. The van der Waals surface area contributed by atoms with E-state index in [9.17, 15) is 0 Å². The largest absolute Gasteiger partial charge is 0.456 e. The van der Waals surface area contributed by atoms with E-state index in [4.69, 9.17) is 13.3 Å². The molecule has 0 aliphatic heterocycles. The van der Waals surface area contributed by atoms with Crippen molar-refractivity contribution in [2.24, 2.45) is 0 Å². The van der Waals surface area contributed by atoms with Crippen molar-refractivity contribution in [3.05, 3.63) is 437 Å². The van der Waals surface area contributed by atoms with Crippen LogP contribution in [0.15, 0.2) is 450 Å². The van der Waals surface area contributed by atoms with E-state index in [1.54, 1.807) is 0 Å². The van der Waals surface area contributed by atoms with Crippen LogP contribution in [0.25, 0.3) is 241 Å². The zero-order valence-corrected chi connectivity index (χ0v) is 64.8. The first kappa shape index (κ1) is 68.9. The maximum Gasteiger partial charge on any atom is 0.136 e. The van der Waals surface area contributed by atoms with Gasteiger partial charge in [0.1, 0.15) is 33.5 Å². The standard InChI is InChI=1S/C42H26O.C38H24O.C36H22O/c1-2-11-28-24-30(21-20-27(28)10-1)29-12-9-13-31(25-29)41-34-15-3-5-17-36(34)42(37-18-6-4-16-35(37)41)32-22-23-40-38(26-32)33-14-7-8-19-39(33)43-40;1-2-10-25(11-3-1)26-18-20-27(21-19-26)37-31-13-4-6-15-33(31)38(34-16-7-5-14-32(34)37)28-22-23-30-29-12-8-9-17-35(29)39-36(30)24-28;1-2-12-25-23(10-1)11-9-18-28(25)36-31-16-5-3-14-29(31)35(30-15-4-6-17-32(30)36)24-20-21-27-26-13-7-8-19-33(26)37-34(27)22-24/h1-26H;1-24H;1-22H. The molecule has 119 heavy (non-hydrogen) atoms. The summed E-state index contributed by atoms with van der Waals surface area (Å²) in [6.07, 6.45) is 0. The maximum atomic E-state index is 6.28. The molecule has 0 saturated carbocycles. The third kappa shape index (κ3) is 11.8. The smallest absolute Gasteiger partial charge is 0.136 e. The molecule has 3 heteroatoms. The van der Waals surface area contributed by atoms with Crippen molar-refractivity contribution in [3.63, 3.8) is 0 Å². The summed E-state index contributed by atoms with van der Waals surface area (Å²) in [6, 6.07) is 157. The highest BCUT2D eigenvalue weighted by molar-refractivity contribution is 6.27. The van der Waals surface area contributed by atoms with Crippen LogP contribution in [0.5, 0.6) is 0 Å². The molecular formula is C116H72O3. The Labute approximate surface area is 686 Å². The lowest BCUT2D eigenvalue weighted by atomic mass is 9.84. The Morgan fingerprint density at radius 3 is 0.874 bits per heavy atom. The summed E-state index contributed by atoms with van der Waals surface area (Å²) in [5.74, 6) is 0. The zero-order chi connectivity index (χ0) is 78.4. The molecule has 0 saturated heterocycles. The Balaban J connectivity index is 0.000000105. The van der Waals surface area contributed by atoms with E-state index in [0.717, 1.165) is 65.8 Å². The van der Waals surface area contributed by atoms with Gasteiger partial charge in [-0.3, -0.25) is 0 Å². The molecule has 3 nitrogen and oxygen atoms in total. The second kappa shape index (κ2) is 28.7. The molecule has 0 N–H and O–H groups in total. The molecule has 0 spiro atoms. The molecule has 554 valence electrons. The van der Waals surface area contributed by atoms with Gasteiger partial charge < -0.3 is 13.3 Å². The fourth-order valence-electron chi connectivity index (χ4n) is 19.0. The number of hydrogen-bond donors (Lipinski definition) is 0. The highest BCUT2D eigenvalue weighted by Gasteiger charge is 2.24. The van der Waals surface area contributed by atoms with Crippen molar-refractivity contribution < 1.29 is 13.3 Å². The number of para-hydroxylation sites is 3. The number of furan rings is 3. The van der Waals surface area contributed by atoms with Gasteiger partial charge in [-0.15, -0.1) is 0 Å². The van der Waals surface area contributed by atoms with Gasteiger partial charge in [-0.1, -0.05) is 370 Å². The highest BCUT2D eigenvalue weighted by atomic mass is 16.3. The molecule has 0 aliphatic rings. The summed E-state index contributed by atoms with van der Waals surface area (Å²) in [5.41, 5.74) is 25.3. The van der Waals surface area contributed by atoms with E-state index >= 15 is 0 Å². The van der Waals surface area contributed by atoms with Crippen LogP contribution in [0, 0.1) is 0 Å². The highest BCUT2D eigenvalue weighted by Crippen LogP contribution is 2.50. The fourth-order valence-corrected chi connectivity index (χ4v) is 19.0. The van der Waals surface area contributed by atoms with Gasteiger partial charge in [-0.2, -0.15) is 0 Å². The maximum absolute atomic E-state index is 6.28. The quantitative estimate of drug-likeness (QED) is 0.142. The van der Waals surface area contributed by atoms with Crippen molar-refractivity contribution >= 4 is 152 Å². The van der Waals surface area contributed by atoms with Crippen LogP contribution >= 0.6 is 0 Å². The van der Waals surface area contributed by atoms with Crippen LogP contribution in [0.1, 0.15) is 0 Å². The Bertz CT molecular complexity index is 8190. The molecule has 25 rings (SSSR count). The average molecular weight is 1510 g/mol. The number of fused-ring (bicyclic) bond motifs is 17. The first-order valence-corrected chi connectivity index (χ1v) is 40.8. The summed E-state index contributed by atoms with van der Waals surface area (Å²) in [5, 5.41) is 27.0. The molecule has 22 aromatic carbocycles. The molecule has 0 aliphatic carbocycles. The Kier molecular flexibility index (Phi) is 16.6. The molecule has 0 fully saturated rings. The van der Waals surface area contributed by atoms with Crippen LogP contribution in [0.3, 0.4) is 0 Å². The number of hydrogen-bond acceptors (Lipinski definition) is 3. The molecule has 0 atom stereocenters. The van der Waals surface area contributed by atoms with Gasteiger partial charge in [0, 0.05) is 32.3 Å². The SMILES string of the molecule is c1cc(-c2ccc3ccccc3c2)cc(-c2c3ccccc3c(-c3ccc4oc5ccccc5c4c3)c3ccccc23)c1.c1ccc(-c2ccc(-c3c4ccccc4c(-c4ccc5c(c4)oc4ccccc45)c4ccccc34)cc2)cc1.c1ccc2c(-c3c4ccccc4c(-c4ccc5c(c4)oc4ccccc45)c4ccccc34)cccc2c1. The molecule has 0 amide bonds. The molecular weight excluding hydrogens is 1440 g/mol. The molecule has 0 unspecified atom stereocenters. The third-order valence-corrected chi connectivity index (χ3v) is 24.4. The van der Waals surface area contributed by atoms with Crippen LogP contribution < -0.4 is 0 Å². The van der Waals surface area contributed by atoms with Crippen molar-refractivity contribution in [2.75, 3.05) is 0 Å². The van der Waals surface area contributed by atoms with Gasteiger partial charge >= 0.3 is 0 Å². The average Bonchev–Trinajstić information content (AvgIpc) is 1.22. The monoisotopic (exact) mass is 1510 g/mol. The zero-order valence-electron chi connectivity index (χ0n) is 64.8. The van der Waals surface area contributed by atoms with Crippen LogP contribution in [0.2, 0.25) is 0 Å². The Hall–Kier alpha value is -15.7. The third-order valence-electron chi connectivity index (χ3n) is 24.4. The van der Waals surface area contributed by atoms with Crippen molar-refractivity contribution in [2.45, 2.75) is 0 Å². The van der Waals surface area contributed by atoms with E-state index in [-0.39, 0.29) is 0 Å². The van der Waals surface area contributed by atoms with E-state index in [1.165, 1.54) is 175 Å². The normalized spacial score (nSPS) is 11.7. The van der Waals surface area contributed by atoms with Gasteiger partial charge in [-0.05, 0) is 242 Å². The summed E-state index contributed by atoms with van der Waals surface area (Å²) >= 11 is 0. The first-order valence-electron chi connectivity index (χ1n) is 40.8. The lowest BCUT2D eigenvalue weighted by Gasteiger charge is -2.18. The molecule has 0 bridgehead atoms. The van der Waals surface area contributed by atoms with E-state index in [1.807, 2.05) is 36.4 Å². The molecule has 3 heterocycles.